The van der Waals surface area contributed by atoms with Gasteiger partial charge in [0.25, 0.3) is 0 Å². The molecule has 0 aliphatic rings. The molecule has 6 heteroatoms. The van der Waals surface area contributed by atoms with Crippen molar-refractivity contribution in [1.29, 1.82) is 0 Å². The molecule has 122 valence electrons. The average Bonchev–Trinajstić information content (AvgIpc) is 2.55. The maximum Gasteiger partial charge on any atom is 0.315 e. The van der Waals surface area contributed by atoms with Crippen LogP contribution < -0.4 is 15.4 Å². The number of carbonyl (C=O) groups excluding carboxylic acids is 1. The van der Waals surface area contributed by atoms with Gasteiger partial charge in [-0.3, -0.25) is 4.98 Å². The summed E-state index contributed by atoms with van der Waals surface area (Å²) in [5.74, 6) is 0.611. The van der Waals surface area contributed by atoms with Crippen LogP contribution in [0.25, 0.3) is 0 Å². The van der Waals surface area contributed by atoms with Gasteiger partial charge in [-0.2, -0.15) is 0 Å². The van der Waals surface area contributed by atoms with Crippen LogP contribution in [-0.2, 0) is 13.0 Å². The summed E-state index contributed by atoms with van der Waals surface area (Å²) in [7, 11) is 0. The number of urea groups is 1. The number of aryl methyl sites for hydroxylation is 1. The molecule has 0 aliphatic carbocycles. The van der Waals surface area contributed by atoms with Crippen LogP contribution in [0, 0.1) is 6.92 Å². The summed E-state index contributed by atoms with van der Waals surface area (Å²) in [5.41, 5.74) is 2.82. The Hall–Kier alpha value is -2.63. The van der Waals surface area contributed by atoms with Crippen LogP contribution in [0.5, 0.6) is 5.88 Å². The first-order valence-corrected chi connectivity index (χ1v) is 7.70. The number of rotatable bonds is 7. The van der Waals surface area contributed by atoms with Gasteiger partial charge in [0.15, 0.2) is 0 Å². The van der Waals surface area contributed by atoms with E-state index in [-0.39, 0.29) is 6.03 Å². The second-order valence-corrected chi connectivity index (χ2v) is 5.03. The first-order chi connectivity index (χ1) is 11.2. The number of hydrogen-bond acceptors (Lipinski definition) is 4. The average molecular weight is 314 g/mol. The van der Waals surface area contributed by atoms with Crippen LogP contribution >= 0.6 is 0 Å². The highest BCUT2D eigenvalue weighted by molar-refractivity contribution is 5.73. The molecule has 0 bridgehead atoms. The number of pyridine rings is 2. The first kappa shape index (κ1) is 16.7. The third kappa shape index (κ3) is 5.58. The number of nitrogens with zero attached hydrogens (tertiary/aromatic N) is 2. The number of ether oxygens (including phenoxy) is 1. The quantitative estimate of drug-likeness (QED) is 0.821. The molecule has 6 nitrogen and oxygen atoms in total. The monoisotopic (exact) mass is 314 g/mol. The fourth-order valence-electron chi connectivity index (χ4n) is 2.06. The molecule has 2 aromatic heterocycles. The molecule has 0 spiro atoms. The Morgan fingerprint density at radius 3 is 2.87 bits per heavy atom. The van der Waals surface area contributed by atoms with E-state index in [0.717, 1.165) is 17.0 Å². The van der Waals surface area contributed by atoms with Gasteiger partial charge in [-0.25, -0.2) is 9.78 Å². The molecule has 0 aliphatic heterocycles. The van der Waals surface area contributed by atoms with Crippen molar-refractivity contribution in [2.45, 2.75) is 26.8 Å². The second-order valence-electron chi connectivity index (χ2n) is 5.03. The minimum Gasteiger partial charge on any atom is -0.478 e. The molecule has 2 rings (SSSR count). The van der Waals surface area contributed by atoms with Crippen LogP contribution in [0.15, 0.2) is 36.5 Å². The van der Waals surface area contributed by atoms with E-state index in [1.54, 1.807) is 6.20 Å². The molecule has 2 amide bonds. The molecule has 0 aromatic carbocycles. The number of carbonyl (C=O) groups is 1. The van der Waals surface area contributed by atoms with E-state index >= 15 is 0 Å². The fraction of sp³-hybridized carbons (Fsp3) is 0.353. The lowest BCUT2D eigenvalue weighted by Crippen LogP contribution is -2.36. The summed E-state index contributed by atoms with van der Waals surface area (Å²) in [4.78, 5) is 20.4. The van der Waals surface area contributed by atoms with Gasteiger partial charge in [0.1, 0.15) is 0 Å². The van der Waals surface area contributed by atoms with Gasteiger partial charge in [-0.05, 0) is 31.5 Å². The molecule has 0 saturated carbocycles. The maximum atomic E-state index is 11.8. The molecule has 2 N–H and O–H groups in total. The van der Waals surface area contributed by atoms with Crippen molar-refractivity contribution in [3.05, 3.63) is 53.5 Å². The highest BCUT2D eigenvalue weighted by Crippen LogP contribution is 2.07. The zero-order valence-electron chi connectivity index (χ0n) is 13.5. The van der Waals surface area contributed by atoms with Gasteiger partial charge >= 0.3 is 6.03 Å². The van der Waals surface area contributed by atoms with Crippen molar-refractivity contribution in [3.63, 3.8) is 0 Å². The normalized spacial score (nSPS) is 10.2. The van der Waals surface area contributed by atoms with Crippen molar-refractivity contribution in [1.82, 2.24) is 20.6 Å². The van der Waals surface area contributed by atoms with Gasteiger partial charge in [-0.15, -0.1) is 0 Å². The van der Waals surface area contributed by atoms with Gasteiger partial charge in [0.2, 0.25) is 5.88 Å². The standard InChI is InChI=1S/C17H22N4O2/c1-3-23-16-8-4-7-14(21-16)9-11-19-17(22)20-12-15-13(2)6-5-10-18-15/h4-8,10H,3,9,11-12H2,1-2H3,(H2,19,20,22). The summed E-state index contributed by atoms with van der Waals surface area (Å²) in [6.45, 7) is 5.40. The Balaban J connectivity index is 1.72. The summed E-state index contributed by atoms with van der Waals surface area (Å²) in [6.07, 6.45) is 2.37. The lowest BCUT2D eigenvalue weighted by atomic mass is 10.2. The highest BCUT2D eigenvalue weighted by atomic mass is 16.5. The topological polar surface area (TPSA) is 76.1 Å². The summed E-state index contributed by atoms with van der Waals surface area (Å²) in [6, 6.07) is 9.27. The molecular formula is C17H22N4O2. The van der Waals surface area contributed by atoms with E-state index < -0.39 is 0 Å². The first-order valence-electron chi connectivity index (χ1n) is 7.70. The van der Waals surface area contributed by atoms with E-state index in [4.69, 9.17) is 4.74 Å². The predicted molar refractivity (Wildman–Crippen MR) is 88.3 cm³/mol. The zero-order chi connectivity index (χ0) is 16.5. The maximum absolute atomic E-state index is 11.8. The molecule has 23 heavy (non-hydrogen) atoms. The van der Waals surface area contributed by atoms with E-state index in [2.05, 4.69) is 20.6 Å². The van der Waals surface area contributed by atoms with Crippen LogP contribution in [0.1, 0.15) is 23.9 Å². The van der Waals surface area contributed by atoms with Crippen LogP contribution in [0.3, 0.4) is 0 Å². The van der Waals surface area contributed by atoms with Crippen molar-refractivity contribution in [2.75, 3.05) is 13.2 Å². The molecule has 2 heterocycles. The molecule has 0 fully saturated rings. The highest BCUT2D eigenvalue weighted by Gasteiger charge is 2.04. The van der Waals surface area contributed by atoms with E-state index in [9.17, 15) is 4.79 Å². The number of nitrogens with one attached hydrogen (secondary N) is 2. The van der Waals surface area contributed by atoms with E-state index in [0.29, 0.717) is 32.0 Å². The lowest BCUT2D eigenvalue weighted by molar-refractivity contribution is 0.240. The van der Waals surface area contributed by atoms with Gasteiger partial charge in [0, 0.05) is 30.9 Å². The van der Waals surface area contributed by atoms with Crippen molar-refractivity contribution >= 4 is 6.03 Å². The minimum atomic E-state index is -0.212. The Bertz CT molecular complexity index is 646. The Labute approximate surface area is 136 Å². The van der Waals surface area contributed by atoms with E-state index in [1.165, 1.54) is 0 Å². The molecule has 0 radical (unpaired) electrons. The summed E-state index contributed by atoms with van der Waals surface area (Å²) in [5, 5.41) is 5.61. The number of aromatic nitrogens is 2. The lowest BCUT2D eigenvalue weighted by Gasteiger charge is -2.09. The van der Waals surface area contributed by atoms with Crippen LogP contribution in [0.4, 0.5) is 4.79 Å². The molecule has 0 unspecified atom stereocenters. The minimum absolute atomic E-state index is 0.212. The van der Waals surface area contributed by atoms with Crippen molar-refractivity contribution in [2.24, 2.45) is 0 Å². The third-order valence-electron chi connectivity index (χ3n) is 3.27. The third-order valence-corrected chi connectivity index (χ3v) is 3.27. The van der Waals surface area contributed by atoms with Gasteiger partial charge in [0.05, 0.1) is 18.8 Å². The van der Waals surface area contributed by atoms with Crippen LogP contribution in [-0.4, -0.2) is 29.2 Å². The Morgan fingerprint density at radius 1 is 1.22 bits per heavy atom. The zero-order valence-corrected chi connectivity index (χ0v) is 13.5. The van der Waals surface area contributed by atoms with Gasteiger partial charge in [-0.1, -0.05) is 12.1 Å². The summed E-state index contributed by atoms with van der Waals surface area (Å²) < 4.78 is 5.35. The number of hydrogen-bond donors (Lipinski definition) is 2. The largest absolute Gasteiger partial charge is 0.478 e. The van der Waals surface area contributed by atoms with Crippen molar-refractivity contribution < 1.29 is 9.53 Å². The molecule has 2 aromatic rings. The second kappa shape index (κ2) is 8.73. The van der Waals surface area contributed by atoms with Crippen molar-refractivity contribution in [3.8, 4) is 5.88 Å². The fourth-order valence-corrected chi connectivity index (χ4v) is 2.06. The smallest absolute Gasteiger partial charge is 0.315 e. The number of amides is 2. The molecule has 0 atom stereocenters. The molecular weight excluding hydrogens is 292 g/mol. The summed E-state index contributed by atoms with van der Waals surface area (Å²) >= 11 is 0. The molecule has 0 saturated heterocycles. The SMILES string of the molecule is CCOc1cccc(CCNC(=O)NCc2ncccc2C)n1. The van der Waals surface area contributed by atoms with Gasteiger partial charge < -0.3 is 15.4 Å². The Kier molecular flexibility index (Phi) is 6.35. The predicted octanol–water partition coefficient (Wildman–Crippen LogP) is 2.23. The van der Waals surface area contributed by atoms with Crippen LogP contribution in [0.2, 0.25) is 0 Å². The van der Waals surface area contributed by atoms with E-state index in [1.807, 2.05) is 44.2 Å². The Morgan fingerprint density at radius 2 is 2.09 bits per heavy atom.